The first-order chi connectivity index (χ1) is 32.4. The second-order valence-electron chi connectivity index (χ2n) is 18.3. The predicted octanol–water partition coefficient (Wildman–Crippen LogP) is 18.3. The zero-order valence-corrected chi connectivity index (χ0v) is 40.3. The highest BCUT2D eigenvalue weighted by Gasteiger charge is 2.23. The van der Waals surface area contributed by atoms with E-state index in [1.54, 1.807) is 0 Å². The van der Waals surface area contributed by atoms with E-state index in [-0.39, 0.29) is 0 Å². The van der Waals surface area contributed by atoms with Crippen LogP contribution in [0.2, 0.25) is 0 Å². The maximum Gasteiger partial charge on any atom is 0.0492 e. The van der Waals surface area contributed by atoms with Crippen molar-refractivity contribution in [2.75, 3.05) is 19.6 Å². The van der Waals surface area contributed by atoms with Crippen LogP contribution >= 0.6 is 0 Å². The molecule has 0 N–H and O–H groups in total. The van der Waals surface area contributed by atoms with Crippen LogP contribution in [0.15, 0.2) is 200 Å². The lowest BCUT2D eigenvalue weighted by atomic mass is 10.0. The van der Waals surface area contributed by atoms with Gasteiger partial charge >= 0.3 is 0 Å². The maximum atomic E-state index is 2.41. The van der Waals surface area contributed by atoms with E-state index in [0.717, 1.165) is 68.2 Å². The molecule has 67 heavy (non-hydrogen) atoms. The Morgan fingerprint density at radius 1 is 0.179 bits per heavy atom. The number of aryl methyl sites for hydroxylation is 9. The Morgan fingerprint density at radius 2 is 0.343 bits per heavy atom. The monoisotopic (exact) mass is 872 g/mol. The fraction of sp³-hybridized carbons (Fsp3) is 0.143. The summed E-state index contributed by atoms with van der Waals surface area (Å²) in [5.74, 6) is 0. The van der Waals surface area contributed by atoms with Crippen LogP contribution in [0.3, 0.4) is 0 Å². The van der Waals surface area contributed by atoms with E-state index in [2.05, 4.69) is 282 Å². The molecule has 4 nitrogen and oxygen atoms in total. The molecule has 0 aliphatic carbocycles. The first-order valence-corrected chi connectivity index (χ1v) is 23.3. The second-order valence-corrected chi connectivity index (χ2v) is 18.3. The quantitative estimate of drug-likeness (QED) is 0.121. The van der Waals surface area contributed by atoms with Gasteiger partial charge in [-0.25, -0.2) is 0 Å². The van der Waals surface area contributed by atoms with Crippen LogP contribution < -0.4 is 19.6 Å². The summed E-state index contributed by atoms with van der Waals surface area (Å²) in [6, 6.07) is 73.6. The van der Waals surface area contributed by atoms with Crippen molar-refractivity contribution in [3.63, 3.8) is 0 Å². The van der Waals surface area contributed by atoms with Gasteiger partial charge < -0.3 is 19.6 Å². The molecule has 0 aliphatic heterocycles. The Kier molecular flexibility index (Phi) is 12.6. The van der Waals surface area contributed by atoms with Crippen molar-refractivity contribution in [2.45, 2.75) is 62.3 Å². The topological polar surface area (TPSA) is 13.0 Å². The van der Waals surface area contributed by atoms with E-state index in [0.29, 0.717) is 0 Å². The van der Waals surface area contributed by atoms with Gasteiger partial charge in [0.2, 0.25) is 0 Å². The molecule has 4 heteroatoms. The molecule has 0 radical (unpaired) electrons. The summed E-state index contributed by atoms with van der Waals surface area (Å²) in [6.45, 7) is 19.5. The van der Waals surface area contributed by atoms with Crippen LogP contribution in [0.25, 0.3) is 0 Å². The molecule has 0 atom stereocenters. The van der Waals surface area contributed by atoms with Gasteiger partial charge in [-0.1, -0.05) is 106 Å². The molecule has 0 spiro atoms. The third-order valence-corrected chi connectivity index (χ3v) is 12.8. The maximum absolute atomic E-state index is 2.41. The first kappa shape index (κ1) is 44.4. The molecule has 0 bridgehead atoms. The molecule has 0 saturated heterocycles. The third kappa shape index (κ3) is 9.48. The number of nitrogens with zero attached hydrogens (tertiary/aromatic N) is 4. The van der Waals surface area contributed by atoms with Crippen LogP contribution in [0.1, 0.15) is 50.1 Å². The highest BCUT2D eigenvalue weighted by atomic mass is 15.2. The molecule has 9 rings (SSSR count). The summed E-state index contributed by atoms with van der Waals surface area (Å²) < 4.78 is 0. The fourth-order valence-electron chi connectivity index (χ4n) is 8.98. The minimum absolute atomic E-state index is 1.08. The standard InChI is InChI=1S/C63H60N4/c1-43-10-22-52(23-11-43)65(53-24-12-44(2)13-25-53)61-37-34-58(40-49(61)7)64(59-35-38-62(50(8)41-59)66(54-26-14-45(3)15-27-54)55-28-16-46(4)17-29-55)60-36-39-63(51(9)42-60)67(56-30-18-47(5)19-31-56)57-32-20-48(6)21-33-57/h10-42H,1-9H3. The van der Waals surface area contributed by atoms with Gasteiger partial charge in [-0.15, -0.1) is 0 Å². The van der Waals surface area contributed by atoms with Crippen LogP contribution in [-0.2, 0) is 0 Å². The summed E-state index contributed by atoms with van der Waals surface area (Å²) in [6.07, 6.45) is 0. The van der Waals surface area contributed by atoms with Crippen LogP contribution in [0.4, 0.5) is 68.2 Å². The lowest BCUT2D eigenvalue weighted by Crippen LogP contribution is -2.16. The Hall–Kier alpha value is -7.82. The predicted molar refractivity (Wildman–Crippen MR) is 288 cm³/mol. The van der Waals surface area contributed by atoms with Crippen molar-refractivity contribution >= 4 is 68.2 Å². The Morgan fingerprint density at radius 3 is 0.507 bits per heavy atom. The minimum Gasteiger partial charge on any atom is -0.310 e. The third-order valence-electron chi connectivity index (χ3n) is 12.8. The van der Waals surface area contributed by atoms with Crippen molar-refractivity contribution in [2.24, 2.45) is 0 Å². The molecule has 0 heterocycles. The van der Waals surface area contributed by atoms with Crippen LogP contribution in [0, 0.1) is 62.3 Å². The number of hydrogen-bond donors (Lipinski definition) is 0. The SMILES string of the molecule is Cc1ccc(N(c2ccc(C)cc2)c2ccc(N(c3ccc(N(c4ccc(C)cc4)c4ccc(C)cc4)c(C)c3)c3ccc(N(c4ccc(C)cc4)c4ccc(C)cc4)c(C)c3)cc2C)cc1. The van der Waals surface area contributed by atoms with Gasteiger partial charge in [-0.2, -0.15) is 0 Å². The summed E-state index contributed by atoms with van der Waals surface area (Å²) in [7, 11) is 0. The van der Waals surface area contributed by atoms with Gasteiger partial charge in [0.1, 0.15) is 0 Å². The van der Waals surface area contributed by atoms with Crippen LogP contribution in [-0.4, -0.2) is 0 Å². The summed E-state index contributed by atoms with van der Waals surface area (Å²) in [5.41, 5.74) is 24.3. The van der Waals surface area contributed by atoms with E-state index in [4.69, 9.17) is 0 Å². The largest absolute Gasteiger partial charge is 0.310 e. The molecule has 0 fully saturated rings. The molecule has 0 unspecified atom stereocenters. The number of benzene rings is 9. The molecule has 0 aromatic heterocycles. The minimum atomic E-state index is 1.08. The summed E-state index contributed by atoms with van der Waals surface area (Å²) in [5, 5.41) is 0. The van der Waals surface area contributed by atoms with Crippen molar-refractivity contribution in [1.82, 2.24) is 0 Å². The van der Waals surface area contributed by atoms with Gasteiger partial charge in [-0.3, -0.25) is 0 Å². The molecule has 0 aliphatic rings. The lowest BCUT2D eigenvalue weighted by molar-refractivity contribution is 1.20. The molecule has 0 saturated carbocycles. The first-order valence-electron chi connectivity index (χ1n) is 23.3. The lowest BCUT2D eigenvalue weighted by Gasteiger charge is -2.32. The second kappa shape index (κ2) is 19.0. The molecule has 9 aromatic carbocycles. The van der Waals surface area contributed by atoms with Crippen molar-refractivity contribution in [3.05, 3.63) is 250 Å². The normalized spacial score (nSPS) is 11.1. The summed E-state index contributed by atoms with van der Waals surface area (Å²) in [4.78, 5) is 9.53. The van der Waals surface area contributed by atoms with Gasteiger partial charge in [0, 0.05) is 68.2 Å². The molecule has 0 amide bonds. The highest BCUT2D eigenvalue weighted by Crippen LogP contribution is 2.46. The summed E-state index contributed by atoms with van der Waals surface area (Å²) >= 11 is 0. The zero-order valence-electron chi connectivity index (χ0n) is 40.3. The van der Waals surface area contributed by atoms with Gasteiger partial charge in [0.15, 0.2) is 0 Å². The van der Waals surface area contributed by atoms with E-state index < -0.39 is 0 Å². The van der Waals surface area contributed by atoms with Gasteiger partial charge in [-0.05, 0) is 206 Å². The average molecular weight is 873 g/mol. The number of rotatable bonds is 12. The molecular formula is C63H60N4. The van der Waals surface area contributed by atoms with Gasteiger partial charge in [0.25, 0.3) is 0 Å². The molecule has 332 valence electrons. The van der Waals surface area contributed by atoms with E-state index in [1.807, 2.05) is 0 Å². The number of hydrogen-bond acceptors (Lipinski definition) is 4. The van der Waals surface area contributed by atoms with E-state index in [9.17, 15) is 0 Å². The van der Waals surface area contributed by atoms with Crippen molar-refractivity contribution in [1.29, 1.82) is 0 Å². The van der Waals surface area contributed by atoms with Crippen molar-refractivity contribution < 1.29 is 0 Å². The van der Waals surface area contributed by atoms with Gasteiger partial charge in [0.05, 0.1) is 0 Å². The molecular weight excluding hydrogens is 813 g/mol. The van der Waals surface area contributed by atoms with Crippen molar-refractivity contribution in [3.8, 4) is 0 Å². The fourth-order valence-corrected chi connectivity index (χ4v) is 8.98. The highest BCUT2D eigenvalue weighted by molar-refractivity contribution is 5.87. The average Bonchev–Trinajstić information content (AvgIpc) is 3.32. The zero-order chi connectivity index (χ0) is 46.8. The van der Waals surface area contributed by atoms with Crippen LogP contribution in [0.5, 0.6) is 0 Å². The van der Waals surface area contributed by atoms with E-state index >= 15 is 0 Å². The number of anilines is 12. The molecule has 9 aromatic rings. The van der Waals surface area contributed by atoms with E-state index in [1.165, 1.54) is 50.1 Å². The smallest absolute Gasteiger partial charge is 0.0492 e. The Labute approximate surface area is 398 Å². The Bertz CT molecular complexity index is 2650. The Balaban J connectivity index is 1.19.